The van der Waals surface area contributed by atoms with Gasteiger partial charge in [0.2, 0.25) is 0 Å². The number of carboxylic acids is 1. The first-order valence-electron chi connectivity index (χ1n) is 3.79. The van der Waals surface area contributed by atoms with Gasteiger partial charge in [-0.2, -0.15) is 0 Å². The Morgan fingerprint density at radius 2 is 2.21 bits per heavy atom. The molecule has 0 spiro atoms. The topological polar surface area (TPSA) is 63.3 Å². The zero-order chi connectivity index (χ0) is 10.3. The molecular formula is C9H6INO2S. The monoisotopic (exact) mass is 319 g/mol. The Balaban J connectivity index is 2.90. The van der Waals surface area contributed by atoms with Gasteiger partial charge in [0.1, 0.15) is 0 Å². The van der Waals surface area contributed by atoms with Crippen molar-refractivity contribution in [3.05, 3.63) is 26.6 Å². The third-order valence-electron chi connectivity index (χ3n) is 1.94. The lowest BCUT2D eigenvalue weighted by Crippen LogP contribution is -1.97. The number of thiophene rings is 1. The van der Waals surface area contributed by atoms with E-state index in [9.17, 15) is 4.79 Å². The van der Waals surface area contributed by atoms with Gasteiger partial charge in [0, 0.05) is 20.0 Å². The van der Waals surface area contributed by atoms with Crippen LogP contribution in [-0.4, -0.2) is 11.1 Å². The smallest absolute Gasteiger partial charge is 0.337 e. The van der Waals surface area contributed by atoms with Gasteiger partial charge in [-0.05, 0) is 34.7 Å². The summed E-state index contributed by atoms with van der Waals surface area (Å²) in [4.78, 5) is 10.9. The van der Waals surface area contributed by atoms with Gasteiger partial charge in [-0.3, -0.25) is 0 Å². The molecule has 3 nitrogen and oxygen atoms in total. The fourth-order valence-corrected chi connectivity index (χ4v) is 3.42. The molecule has 0 saturated carbocycles. The fourth-order valence-electron chi connectivity index (χ4n) is 1.30. The zero-order valence-corrected chi connectivity index (χ0v) is 9.93. The van der Waals surface area contributed by atoms with Crippen LogP contribution in [0.4, 0.5) is 5.69 Å². The molecule has 14 heavy (non-hydrogen) atoms. The number of anilines is 1. The van der Waals surface area contributed by atoms with Crippen LogP contribution >= 0.6 is 33.9 Å². The summed E-state index contributed by atoms with van der Waals surface area (Å²) in [5, 5.41) is 11.7. The normalized spacial score (nSPS) is 10.6. The third kappa shape index (κ3) is 1.36. The van der Waals surface area contributed by atoms with Gasteiger partial charge < -0.3 is 10.8 Å². The molecule has 0 unspecified atom stereocenters. The Bertz CT molecular complexity index is 521. The average Bonchev–Trinajstić information content (AvgIpc) is 2.49. The highest BCUT2D eigenvalue weighted by molar-refractivity contribution is 14.1. The fraction of sp³-hybridized carbons (Fsp3) is 0. The number of aromatic carboxylic acids is 1. The van der Waals surface area contributed by atoms with Crippen LogP contribution in [0.3, 0.4) is 0 Å². The summed E-state index contributed by atoms with van der Waals surface area (Å²) >= 11 is 3.57. The molecular weight excluding hydrogens is 313 g/mol. The first kappa shape index (κ1) is 9.72. The molecule has 0 fully saturated rings. The molecule has 0 radical (unpaired) electrons. The van der Waals surface area contributed by atoms with Crippen molar-refractivity contribution in [2.75, 3.05) is 5.73 Å². The van der Waals surface area contributed by atoms with Crippen molar-refractivity contribution in [2.24, 2.45) is 0 Å². The Labute approximate surface area is 97.7 Å². The average molecular weight is 319 g/mol. The lowest BCUT2D eigenvalue weighted by molar-refractivity contribution is 0.0699. The number of rotatable bonds is 1. The zero-order valence-electron chi connectivity index (χ0n) is 6.95. The summed E-state index contributed by atoms with van der Waals surface area (Å²) in [6.45, 7) is 0. The van der Waals surface area contributed by atoms with Crippen LogP contribution in [0.5, 0.6) is 0 Å². The predicted octanol–water partition coefficient (Wildman–Crippen LogP) is 2.79. The molecule has 0 aliphatic heterocycles. The summed E-state index contributed by atoms with van der Waals surface area (Å²) in [7, 11) is 0. The van der Waals surface area contributed by atoms with Gasteiger partial charge in [-0.1, -0.05) is 0 Å². The second kappa shape index (κ2) is 3.39. The molecule has 3 N–H and O–H groups in total. The minimum atomic E-state index is -0.909. The molecule has 0 bridgehead atoms. The quantitative estimate of drug-likeness (QED) is 0.627. The maximum absolute atomic E-state index is 10.9. The van der Waals surface area contributed by atoms with Crippen LogP contribution in [0.2, 0.25) is 0 Å². The third-order valence-corrected chi connectivity index (χ3v) is 4.23. The van der Waals surface area contributed by atoms with E-state index in [1.807, 2.05) is 5.38 Å². The first-order chi connectivity index (χ1) is 6.61. The van der Waals surface area contributed by atoms with Crippen molar-refractivity contribution >= 4 is 55.7 Å². The van der Waals surface area contributed by atoms with E-state index < -0.39 is 5.97 Å². The highest BCUT2D eigenvalue weighted by atomic mass is 127. The number of hydrogen-bond donors (Lipinski definition) is 2. The van der Waals surface area contributed by atoms with Gasteiger partial charge in [-0.25, -0.2) is 4.79 Å². The van der Waals surface area contributed by atoms with Crippen LogP contribution in [-0.2, 0) is 0 Å². The van der Waals surface area contributed by atoms with Crippen LogP contribution in [0.25, 0.3) is 10.1 Å². The van der Waals surface area contributed by atoms with Crippen LogP contribution in [0.1, 0.15) is 10.4 Å². The second-order valence-electron chi connectivity index (χ2n) is 2.80. The summed E-state index contributed by atoms with van der Waals surface area (Å²) in [5.41, 5.74) is 6.74. The number of hydrogen-bond acceptors (Lipinski definition) is 3. The minimum absolute atomic E-state index is 0.321. The largest absolute Gasteiger partial charge is 0.478 e. The Kier molecular flexibility index (Phi) is 2.36. The van der Waals surface area contributed by atoms with E-state index >= 15 is 0 Å². The Morgan fingerprint density at radius 1 is 1.50 bits per heavy atom. The van der Waals surface area contributed by atoms with E-state index in [1.54, 1.807) is 12.1 Å². The molecule has 1 aromatic carbocycles. The number of carbonyl (C=O) groups is 1. The molecule has 1 aromatic heterocycles. The molecule has 0 saturated heterocycles. The number of carboxylic acid groups (broad SMARTS) is 1. The summed E-state index contributed by atoms with van der Waals surface area (Å²) < 4.78 is 1.75. The molecule has 2 aromatic rings. The first-order valence-corrected chi connectivity index (χ1v) is 5.75. The summed E-state index contributed by atoms with van der Waals surface area (Å²) in [5.74, 6) is -0.909. The molecule has 5 heteroatoms. The number of nitrogens with two attached hydrogens (primary N) is 1. The molecule has 0 atom stereocenters. The number of benzene rings is 1. The van der Waals surface area contributed by atoms with Crippen molar-refractivity contribution in [2.45, 2.75) is 0 Å². The van der Waals surface area contributed by atoms with Crippen LogP contribution in [0, 0.1) is 3.57 Å². The van der Waals surface area contributed by atoms with Crippen molar-refractivity contribution < 1.29 is 9.90 Å². The molecule has 2 rings (SSSR count). The number of nitrogen functional groups attached to an aromatic ring is 1. The van der Waals surface area contributed by atoms with E-state index in [4.69, 9.17) is 10.8 Å². The van der Waals surface area contributed by atoms with Crippen molar-refractivity contribution in [1.82, 2.24) is 0 Å². The molecule has 72 valence electrons. The van der Waals surface area contributed by atoms with Gasteiger partial charge in [0.25, 0.3) is 0 Å². The highest BCUT2D eigenvalue weighted by Crippen LogP contribution is 2.34. The number of halogens is 1. The van der Waals surface area contributed by atoms with E-state index in [1.165, 1.54) is 11.3 Å². The lowest BCUT2D eigenvalue weighted by Gasteiger charge is -2.00. The Hall–Kier alpha value is -0.820. The summed E-state index contributed by atoms with van der Waals surface area (Å²) in [6, 6.07) is 3.19. The summed E-state index contributed by atoms with van der Waals surface area (Å²) in [6.07, 6.45) is 0. The van der Waals surface area contributed by atoms with E-state index in [-0.39, 0.29) is 0 Å². The second-order valence-corrected chi connectivity index (χ2v) is 4.84. The lowest BCUT2D eigenvalue weighted by atomic mass is 10.1. The van der Waals surface area contributed by atoms with Crippen molar-refractivity contribution in [3.63, 3.8) is 0 Å². The van der Waals surface area contributed by atoms with Gasteiger partial charge in [0.05, 0.1) is 10.3 Å². The minimum Gasteiger partial charge on any atom is -0.478 e. The van der Waals surface area contributed by atoms with Crippen molar-refractivity contribution in [1.29, 1.82) is 0 Å². The molecule has 1 heterocycles. The number of fused-ring (bicyclic) bond motifs is 1. The van der Waals surface area contributed by atoms with Gasteiger partial charge in [-0.15, -0.1) is 11.3 Å². The van der Waals surface area contributed by atoms with E-state index in [2.05, 4.69) is 22.6 Å². The Morgan fingerprint density at radius 3 is 2.86 bits per heavy atom. The van der Waals surface area contributed by atoms with Crippen LogP contribution < -0.4 is 5.73 Å². The highest BCUT2D eigenvalue weighted by Gasteiger charge is 2.13. The van der Waals surface area contributed by atoms with E-state index in [0.29, 0.717) is 11.3 Å². The SMILES string of the molecule is Nc1ccc(C(=O)O)c2scc(I)c12. The van der Waals surface area contributed by atoms with Gasteiger partial charge in [0.15, 0.2) is 0 Å². The van der Waals surface area contributed by atoms with Gasteiger partial charge >= 0.3 is 5.97 Å². The predicted molar refractivity (Wildman–Crippen MR) is 65.9 cm³/mol. The van der Waals surface area contributed by atoms with E-state index in [0.717, 1.165) is 13.7 Å². The maximum Gasteiger partial charge on any atom is 0.337 e. The maximum atomic E-state index is 10.9. The van der Waals surface area contributed by atoms with Crippen LogP contribution in [0.15, 0.2) is 17.5 Å². The standard InChI is InChI=1S/C9H6INO2S/c10-5-3-14-8-4(9(12)13)1-2-6(11)7(5)8/h1-3H,11H2,(H,12,13). The van der Waals surface area contributed by atoms with Crippen molar-refractivity contribution in [3.8, 4) is 0 Å². The molecule has 0 aliphatic rings. The molecule has 0 amide bonds. The molecule has 0 aliphatic carbocycles.